The van der Waals surface area contributed by atoms with Crippen molar-refractivity contribution >= 4 is 8.32 Å². The van der Waals surface area contributed by atoms with Gasteiger partial charge in [0.15, 0.2) is 0 Å². The molecule has 4 heteroatoms. The third kappa shape index (κ3) is 4.57. The van der Waals surface area contributed by atoms with E-state index < -0.39 is 8.32 Å². The Morgan fingerprint density at radius 3 is 2.32 bits per heavy atom. The summed E-state index contributed by atoms with van der Waals surface area (Å²) in [6.45, 7) is 11.3. The molecule has 3 nitrogen and oxygen atoms in total. The Labute approximate surface area is 136 Å². The second kappa shape index (κ2) is 6.73. The van der Waals surface area contributed by atoms with Crippen molar-refractivity contribution in [3.8, 4) is 5.75 Å². The molecular weight excluding hydrogens is 288 g/mol. The fourth-order valence-electron chi connectivity index (χ4n) is 3.27. The van der Waals surface area contributed by atoms with Crippen LogP contribution in [0.1, 0.15) is 30.9 Å². The Bertz CT molecular complexity index is 473. The SMILES string of the molecule is C[Si](C)(C)Oc1ccc([C@@H](CC2CC2)N2CCNCC2)cc1. The van der Waals surface area contributed by atoms with Gasteiger partial charge in [-0.25, -0.2) is 0 Å². The van der Waals surface area contributed by atoms with E-state index in [0.29, 0.717) is 6.04 Å². The summed E-state index contributed by atoms with van der Waals surface area (Å²) in [5.74, 6) is 1.99. The molecule has 22 heavy (non-hydrogen) atoms. The molecule has 3 rings (SSSR count). The summed E-state index contributed by atoms with van der Waals surface area (Å²) in [6, 6.07) is 9.54. The van der Waals surface area contributed by atoms with Crippen LogP contribution in [0.25, 0.3) is 0 Å². The average molecular weight is 319 g/mol. The highest BCUT2D eigenvalue weighted by Gasteiger charge is 2.30. The molecule has 1 saturated carbocycles. The van der Waals surface area contributed by atoms with E-state index in [4.69, 9.17) is 4.43 Å². The zero-order chi connectivity index (χ0) is 15.6. The van der Waals surface area contributed by atoms with Crippen molar-refractivity contribution in [1.82, 2.24) is 10.2 Å². The molecule has 0 aromatic heterocycles. The molecule has 1 saturated heterocycles. The first-order valence-electron chi connectivity index (χ1n) is 8.75. The molecule has 1 aromatic rings. The topological polar surface area (TPSA) is 24.5 Å². The van der Waals surface area contributed by atoms with Gasteiger partial charge in [0.25, 0.3) is 0 Å². The second-order valence-corrected chi connectivity index (χ2v) is 12.2. The molecule has 1 N–H and O–H groups in total. The minimum absolute atomic E-state index is 0.593. The van der Waals surface area contributed by atoms with Crippen LogP contribution < -0.4 is 9.74 Å². The first kappa shape index (κ1) is 16.0. The first-order chi connectivity index (χ1) is 10.5. The minimum atomic E-state index is -1.51. The van der Waals surface area contributed by atoms with Gasteiger partial charge >= 0.3 is 0 Å². The largest absolute Gasteiger partial charge is 0.544 e. The lowest BCUT2D eigenvalue weighted by Crippen LogP contribution is -2.45. The standard InChI is InChI=1S/C18H30N2OSi/c1-22(2,3)21-17-8-6-16(7-9-17)18(14-15-4-5-15)20-12-10-19-11-13-20/h6-9,15,18-19H,4-5,10-14H2,1-3H3/t18-/m1/s1. The molecule has 1 aromatic carbocycles. The van der Waals surface area contributed by atoms with E-state index in [2.05, 4.69) is 54.1 Å². The van der Waals surface area contributed by atoms with Crippen molar-refractivity contribution in [2.45, 2.75) is 44.9 Å². The van der Waals surface area contributed by atoms with Crippen LogP contribution in [0.2, 0.25) is 19.6 Å². The number of nitrogens with one attached hydrogen (secondary N) is 1. The maximum atomic E-state index is 6.09. The predicted molar refractivity (Wildman–Crippen MR) is 94.9 cm³/mol. The highest BCUT2D eigenvalue weighted by atomic mass is 28.4. The second-order valence-electron chi connectivity index (χ2n) is 7.76. The summed E-state index contributed by atoms with van der Waals surface area (Å²) in [6.07, 6.45) is 4.19. The summed E-state index contributed by atoms with van der Waals surface area (Å²) in [5, 5.41) is 3.47. The molecule has 1 atom stereocenters. The van der Waals surface area contributed by atoms with E-state index in [-0.39, 0.29) is 0 Å². The van der Waals surface area contributed by atoms with E-state index in [9.17, 15) is 0 Å². The zero-order valence-electron chi connectivity index (χ0n) is 14.3. The van der Waals surface area contributed by atoms with Gasteiger partial charge in [-0.1, -0.05) is 25.0 Å². The summed E-state index contributed by atoms with van der Waals surface area (Å²) in [4.78, 5) is 2.67. The highest BCUT2D eigenvalue weighted by molar-refractivity contribution is 6.70. The molecule has 2 aliphatic rings. The van der Waals surface area contributed by atoms with Crippen LogP contribution in [0.15, 0.2) is 24.3 Å². The van der Waals surface area contributed by atoms with Gasteiger partial charge in [-0.05, 0) is 49.7 Å². The van der Waals surface area contributed by atoms with Gasteiger partial charge in [-0.3, -0.25) is 4.90 Å². The predicted octanol–water partition coefficient (Wildman–Crippen LogP) is 3.65. The van der Waals surface area contributed by atoms with Crippen LogP contribution >= 0.6 is 0 Å². The zero-order valence-corrected chi connectivity index (χ0v) is 15.3. The maximum absolute atomic E-state index is 6.09. The van der Waals surface area contributed by atoms with Gasteiger partial charge in [0.2, 0.25) is 8.32 Å². The maximum Gasteiger partial charge on any atom is 0.242 e. The van der Waals surface area contributed by atoms with Gasteiger partial charge in [-0.15, -0.1) is 0 Å². The van der Waals surface area contributed by atoms with Crippen LogP contribution in [0.5, 0.6) is 5.75 Å². The fourth-order valence-corrected chi connectivity index (χ4v) is 4.11. The van der Waals surface area contributed by atoms with Crippen LogP contribution in [-0.2, 0) is 0 Å². The molecule has 1 aliphatic carbocycles. The Balaban J connectivity index is 1.72. The van der Waals surface area contributed by atoms with E-state index in [1.807, 2.05) is 0 Å². The van der Waals surface area contributed by atoms with E-state index in [1.54, 1.807) is 0 Å². The van der Waals surface area contributed by atoms with Crippen LogP contribution in [0.3, 0.4) is 0 Å². The van der Waals surface area contributed by atoms with Gasteiger partial charge in [0.05, 0.1) is 0 Å². The average Bonchev–Trinajstić information content (AvgIpc) is 3.29. The summed E-state index contributed by atoms with van der Waals surface area (Å²) >= 11 is 0. The molecule has 0 radical (unpaired) electrons. The molecule has 1 heterocycles. The van der Waals surface area contributed by atoms with Crippen LogP contribution in [0.4, 0.5) is 0 Å². The lowest BCUT2D eigenvalue weighted by Gasteiger charge is -2.35. The molecular formula is C18H30N2OSi. The van der Waals surface area contributed by atoms with Crippen molar-refractivity contribution in [1.29, 1.82) is 0 Å². The van der Waals surface area contributed by atoms with Crippen molar-refractivity contribution < 1.29 is 4.43 Å². The molecule has 0 unspecified atom stereocenters. The summed E-state index contributed by atoms with van der Waals surface area (Å²) in [5.41, 5.74) is 1.47. The first-order valence-corrected chi connectivity index (χ1v) is 12.2. The minimum Gasteiger partial charge on any atom is -0.544 e. The molecule has 2 fully saturated rings. The lowest BCUT2D eigenvalue weighted by atomic mass is 9.98. The quantitative estimate of drug-likeness (QED) is 0.810. The Kier molecular flexibility index (Phi) is 4.90. The van der Waals surface area contributed by atoms with Crippen molar-refractivity contribution in [3.63, 3.8) is 0 Å². The number of rotatable bonds is 6. The Morgan fingerprint density at radius 1 is 1.14 bits per heavy atom. The molecule has 0 spiro atoms. The highest BCUT2D eigenvalue weighted by Crippen LogP contribution is 2.40. The van der Waals surface area contributed by atoms with E-state index >= 15 is 0 Å². The Morgan fingerprint density at radius 2 is 1.77 bits per heavy atom. The monoisotopic (exact) mass is 318 g/mol. The molecule has 0 bridgehead atoms. The smallest absolute Gasteiger partial charge is 0.242 e. The van der Waals surface area contributed by atoms with Crippen molar-refractivity contribution in [2.75, 3.05) is 26.2 Å². The number of hydrogen-bond donors (Lipinski definition) is 1. The lowest BCUT2D eigenvalue weighted by molar-refractivity contribution is 0.160. The van der Waals surface area contributed by atoms with Crippen molar-refractivity contribution in [3.05, 3.63) is 29.8 Å². The molecule has 0 amide bonds. The van der Waals surface area contributed by atoms with Gasteiger partial charge in [0, 0.05) is 32.2 Å². The summed E-state index contributed by atoms with van der Waals surface area (Å²) in [7, 11) is -1.51. The van der Waals surface area contributed by atoms with E-state index in [0.717, 1.165) is 24.8 Å². The molecule has 1 aliphatic heterocycles. The van der Waals surface area contributed by atoms with Crippen LogP contribution in [0, 0.1) is 5.92 Å². The van der Waals surface area contributed by atoms with Crippen molar-refractivity contribution in [2.24, 2.45) is 5.92 Å². The third-order valence-corrected chi connectivity index (χ3v) is 5.38. The fraction of sp³-hybridized carbons (Fsp3) is 0.667. The van der Waals surface area contributed by atoms with E-state index in [1.165, 1.54) is 37.9 Å². The van der Waals surface area contributed by atoms with Gasteiger partial charge in [0.1, 0.15) is 5.75 Å². The third-order valence-electron chi connectivity index (χ3n) is 4.53. The molecule has 122 valence electrons. The summed E-state index contributed by atoms with van der Waals surface area (Å²) < 4.78 is 6.09. The van der Waals surface area contributed by atoms with Gasteiger partial charge < -0.3 is 9.74 Å². The number of hydrogen-bond acceptors (Lipinski definition) is 3. The number of piperazine rings is 1. The normalized spacial score (nSPS) is 21.6. The van der Waals surface area contributed by atoms with Gasteiger partial charge in [-0.2, -0.15) is 0 Å². The number of nitrogens with zero attached hydrogens (tertiary/aromatic N) is 1. The van der Waals surface area contributed by atoms with Crippen LogP contribution in [-0.4, -0.2) is 39.4 Å². The number of benzene rings is 1. The Hall–Kier alpha value is -0.843.